The number of carbonyl (C=O) groups is 3. The molecule has 2 fully saturated rings. The average Bonchev–Trinajstić information content (AvgIpc) is 2.87. The van der Waals surface area contributed by atoms with Gasteiger partial charge in [0.1, 0.15) is 22.5 Å². The first-order chi connectivity index (χ1) is 9.23. The van der Waals surface area contributed by atoms with Crippen molar-refractivity contribution in [3.63, 3.8) is 0 Å². The van der Waals surface area contributed by atoms with Crippen LogP contribution in [0.15, 0.2) is 5.10 Å². The summed E-state index contributed by atoms with van der Waals surface area (Å²) in [6, 6.07) is -0.871. The molecule has 2 saturated heterocycles. The molecule has 0 aromatic carbocycles. The molecule has 8 heteroatoms. The van der Waals surface area contributed by atoms with E-state index >= 15 is 0 Å². The van der Waals surface area contributed by atoms with Crippen LogP contribution in [-0.4, -0.2) is 56.1 Å². The van der Waals surface area contributed by atoms with Crippen LogP contribution >= 0.6 is 11.8 Å². The lowest BCUT2D eigenvalue weighted by Gasteiger charge is -2.50. The fraction of sp³-hybridized carbons (Fsp3) is 0.667. The molecule has 108 valence electrons. The van der Waals surface area contributed by atoms with Crippen molar-refractivity contribution in [3.8, 4) is 0 Å². The highest BCUT2D eigenvalue weighted by Crippen LogP contribution is 2.59. The van der Waals surface area contributed by atoms with Crippen LogP contribution in [0.4, 0.5) is 0 Å². The molecule has 2 N–H and O–H groups in total. The van der Waals surface area contributed by atoms with Gasteiger partial charge in [-0.2, -0.15) is 5.10 Å². The van der Waals surface area contributed by atoms with E-state index in [1.54, 1.807) is 0 Å². The van der Waals surface area contributed by atoms with E-state index in [4.69, 9.17) is 0 Å². The molecule has 0 aliphatic carbocycles. The van der Waals surface area contributed by atoms with Gasteiger partial charge in [-0.1, -0.05) is 0 Å². The van der Waals surface area contributed by atoms with Crippen molar-refractivity contribution in [2.24, 2.45) is 10.5 Å². The van der Waals surface area contributed by atoms with E-state index in [-0.39, 0.29) is 29.3 Å². The number of ketones is 1. The average molecular weight is 297 g/mol. The van der Waals surface area contributed by atoms with Crippen molar-refractivity contribution in [1.82, 2.24) is 10.3 Å². The SMILES string of the molecule is CC(=O)C1=NNC[C@]12C(=O)N1[C@@H](C(=O)O)C(C)(C)S[C@@H]12. The third kappa shape index (κ3) is 1.32. The smallest absolute Gasteiger partial charge is 0.327 e. The lowest BCUT2D eigenvalue weighted by molar-refractivity contribution is -0.167. The molecule has 3 aliphatic rings. The molecule has 7 nitrogen and oxygen atoms in total. The number of nitrogens with one attached hydrogen (secondary N) is 1. The summed E-state index contributed by atoms with van der Waals surface area (Å²) in [6.45, 7) is 5.26. The molecule has 20 heavy (non-hydrogen) atoms. The van der Waals surface area contributed by atoms with Crippen molar-refractivity contribution in [1.29, 1.82) is 0 Å². The predicted molar refractivity (Wildman–Crippen MR) is 72.3 cm³/mol. The van der Waals surface area contributed by atoms with Crippen molar-refractivity contribution in [3.05, 3.63) is 0 Å². The van der Waals surface area contributed by atoms with E-state index in [0.29, 0.717) is 0 Å². The van der Waals surface area contributed by atoms with Crippen LogP contribution in [0.1, 0.15) is 20.8 Å². The number of carboxylic acid groups (broad SMARTS) is 1. The Balaban J connectivity index is 2.03. The quantitative estimate of drug-likeness (QED) is 0.677. The molecule has 0 radical (unpaired) electrons. The molecule has 1 amide bonds. The Bertz CT molecular complexity index is 573. The van der Waals surface area contributed by atoms with Crippen LogP contribution in [0.25, 0.3) is 0 Å². The molecule has 3 heterocycles. The molecule has 3 atom stereocenters. The predicted octanol–water partition coefficient (Wildman–Crippen LogP) is -0.332. The second-order valence-corrected chi connectivity index (χ2v) is 7.58. The highest BCUT2D eigenvalue weighted by molar-refractivity contribution is 8.01. The maximum absolute atomic E-state index is 12.6. The summed E-state index contributed by atoms with van der Waals surface area (Å²) in [5.74, 6) is -1.58. The molecular weight excluding hydrogens is 282 g/mol. The second kappa shape index (κ2) is 3.75. The number of nitrogens with zero attached hydrogens (tertiary/aromatic N) is 2. The number of amides is 1. The highest BCUT2D eigenvalue weighted by Gasteiger charge is 2.74. The summed E-state index contributed by atoms with van der Waals surface area (Å²) >= 11 is 1.43. The second-order valence-electron chi connectivity index (χ2n) is 5.85. The van der Waals surface area contributed by atoms with Gasteiger partial charge in [0.2, 0.25) is 5.91 Å². The van der Waals surface area contributed by atoms with Crippen LogP contribution < -0.4 is 5.43 Å². The van der Waals surface area contributed by atoms with Crippen LogP contribution in [-0.2, 0) is 14.4 Å². The highest BCUT2D eigenvalue weighted by atomic mass is 32.2. The van der Waals surface area contributed by atoms with Crippen LogP contribution in [0.2, 0.25) is 0 Å². The number of rotatable bonds is 2. The lowest BCUT2D eigenvalue weighted by atomic mass is 9.72. The Kier molecular flexibility index (Phi) is 2.51. The summed E-state index contributed by atoms with van der Waals surface area (Å²) in [6.07, 6.45) is 0. The number of thioether (sulfide) groups is 1. The normalized spacial score (nSPS) is 37.2. The van der Waals surface area contributed by atoms with Gasteiger partial charge in [-0.3, -0.25) is 9.59 Å². The Morgan fingerprint density at radius 2 is 2.15 bits per heavy atom. The fourth-order valence-electron chi connectivity index (χ4n) is 3.33. The number of carbonyl (C=O) groups excluding carboxylic acids is 2. The summed E-state index contributed by atoms with van der Waals surface area (Å²) in [5.41, 5.74) is 1.95. The topological polar surface area (TPSA) is 99.1 Å². The van der Waals surface area contributed by atoms with Gasteiger partial charge in [0.25, 0.3) is 0 Å². The van der Waals surface area contributed by atoms with E-state index in [9.17, 15) is 19.5 Å². The third-order valence-electron chi connectivity index (χ3n) is 4.18. The zero-order valence-electron chi connectivity index (χ0n) is 11.3. The van der Waals surface area contributed by atoms with Crippen molar-refractivity contribution >= 4 is 35.1 Å². The van der Waals surface area contributed by atoms with E-state index in [1.807, 2.05) is 13.8 Å². The number of hydrogen-bond acceptors (Lipinski definition) is 6. The molecule has 0 aromatic heterocycles. The Morgan fingerprint density at radius 1 is 1.50 bits per heavy atom. The lowest BCUT2D eigenvalue weighted by Crippen LogP contribution is -2.73. The minimum atomic E-state index is -1.01. The van der Waals surface area contributed by atoms with E-state index < -0.39 is 22.2 Å². The summed E-state index contributed by atoms with van der Waals surface area (Å²) in [7, 11) is 0. The molecule has 0 saturated carbocycles. The number of hydrazone groups is 1. The number of fused-ring (bicyclic) bond motifs is 2. The maximum atomic E-state index is 12.6. The van der Waals surface area contributed by atoms with E-state index in [1.165, 1.54) is 23.6 Å². The summed E-state index contributed by atoms with van der Waals surface area (Å²) in [4.78, 5) is 37.1. The van der Waals surface area contributed by atoms with Crippen molar-refractivity contribution in [2.75, 3.05) is 6.54 Å². The zero-order valence-corrected chi connectivity index (χ0v) is 12.2. The number of aliphatic carboxylic acids is 1. The Morgan fingerprint density at radius 3 is 2.70 bits per heavy atom. The van der Waals surface area contributed by atoms with Gasteiger partial charge >= 0.3 is 5.97 Å². The maximum Gasteiger partial charge on any atom is 0.327 e. The van der Waals surface area contributed by atoms with Gasteiger partial charge in [-0.25, -0.2) is 4.79 Å². The number of Topliss-reactive ketones (excluding diaryl/α,β-unsaturated/α-hetero) is 1. The minimum absolute atomic E-state index is 0.220. The molecule has 0 aromatic rings. The van der Waals surface area contributed by atoms with E-state index in [0.717, 1.165) is 0 Å². The van der Waals surface area contributed by atoms with Crippen molar-refractivity contribution in [2.45, 2.75) is 36.9 Å². The monoisotopic (exact) mass is 297 g/mol. The molecule has 3 aliphatic heterocycles. The molecule has 0 unspecified atom stereocenters. The largest absolute Gasteiger partial charge is 0.480 e. The summed E-state index contributed by atoms with van der Waals surface area (Å²) < 4.78 is -0.597. The van der Waals surface area contributed by atoms with E-state index in [2.05, 4.69) is 10.5 Å². The van der Waals surface area contributed by atoms with Gasteiger partial charge in [0.15, 0.2) is 5.78 Å². The minimum Gasteiger partial charge on any atom is -0.480 e. The van der Waals surface area contributed by atoms with Gasteiger partial charge in [-0.15, -0.1) is 11.8 Å². The van der Waals surface area contributed by atoms with Gasteiger partial charge in [0, 0.05) is 11.7 Å². The first-order valence-electron chi connectivity index (χ1n) is 6.29. The van der Waals surface area contributed by atoms with Gasteiger partial charge in [0.05, 0.1) is 6.54 Å². The molecular formula is C12H15N3O4S. The first kappa shape index (κ1) is 13.4. The molecule has 3 rings (SSSR count). The Labute approximate surface area is 119 Å². The number of β-lactam (4-membered cyclic amide) rings is 1. The first-order valence-corrected chi connectivity index (χ1v) is 7.17. The van der Waals surface area contributed by atoms with Crippen LogP contribution in [0.3, 0.4) is 0 Å². The Hall–Kier alpha value is -1.57. The number of hydrogen-bond donors (Lipinski definition) is 2. The molecule has 1 spiro atoms. The molecule has 0 bridgehead atoms. The van der Waals surface area contributed by atoms with Gasteiger partial charge in [-0.05, 0) is 13.8 Å². The van der Waals surface area contributed by atoms with Crippen LogP contribution in [0.5, 0.6) is 0 Å². The van der Waals surface area contributed by atoms with Crippen LogP contribution in [0, 0.1) is 5.41 Å². The van der Waals surface area contributed by atoms with Gasteiger partial charge < -0.3 is 15.4 Å². The fourth-order valence-corrected chi connectivity index (χ4v) is 5.07. The summed E-state index contributed by atoms with van der Waals surface area (Å²) in [5, 5.41) is 13.0. The zero-order chi connectivity index (χ0) is 14.9. The standard InChI is InChI=1S/C12H15N3O4S/c1-5(16)6-12(4-13-14-6)9(19)15-7(8(17)18)11(2,3)20-10(12)15/h7,10,13H,4H2,1-3H3,(H,17,18)/t7-,10+,12+/m0/s1. The third-order valence-corrected chi connectivity index (χ3v) is 5.86. The van der Waals surface area contributed by atoms with Crippen molar-refractivity contribution < 1.29 is 19.5 Å². The number of carboxylic acids is 1.